The van der Waals surface area contributed by atoms with Crippen molar-refractivity contribution in [2.75, 3.05) is 32.8 Å². The van der Waals surface area contributed by atoms with Crippen LogP contribution in [0, 0.1) is 22.7 Å². The molecule has 1 saturated heterocycles. The van der Waals surface area contributed by atoms with E-state index in [1.807, 2.05) is 0 Å². The van der Waals surface area contributed by atoms with Crippen molar-refractivity contribution in [1.82, 2.24) is 4.90 Å². The summed E-state index contributed by atoms with van der Waals surface area (Å²) >= 11 is 0. The normalized spacial score (nSPS) is 44.8. The molecule has 192 valence electrons. The molecule has 0 aromatic carbocycles. The Bertz CT molecular complexity index is 822. The highest BCUT2D eigenvalue weighted by Gasteiger charge is 2.62. The Morgan fingerprint density at radius 1 is 1.09 bits per heavy atom. The van der Waals surface area contributed by atoms with Crippen molar-refractivity contribution in [3.63, 3.8) is 0 Å². The van der Waals surface area contributed by atoms with Gasteiger partial charge in [0.2, 0.25) is 0 Å². The van der Waals surface area contributed by atoms with Gasteiger partial charge in [-0.15, -0.1) is 0 Å². The molecule has 0 radical (unpaired) electrons. The first-order valence-electron chi connectivity index (χ1n) is 13.6. The molecule has 0 bridgehead atoms. The van der Waals surface area contributed by atoms with Gasteiger partial charge in [-0.1, -0.05) is 37.1 Å². The second-order valence-electron chi connectivity index (χ2n) is 12.5. The van der Waals surface area contributed by atoms with E-state index in [1.54, 1.807) is 0 Å². The quantitative estimate of drug-likeness (QED) is 0.453. The van der Waals surface area contributed by atoms with Crippen LogP contribution in [-0.2, 0) is 4.74 Å². The van der Waals surface area contributed by atoms with Crippen molar-refractivity contribution in [2.45, 2.75) is 95.5 Å². The lowest BCUT2D eigenvalue weighted by atomic mass is 9.50. The molecule has 0 amide bonds. The molecule has 6 heteroatoms. The summed E-state index contributed by atoms with van der Waals surface area (Å²) in [4.78, 5) is 2.15. The average molecular weight is 476 g/mol. The van der Waals surface area contributed by atoms with Crippen LogP contribution in [-0.4, -0.2) is 82.1 Å². The van der Waals surface area contributed by atoms with Crippen molar-refractivity contribution in [3.05, 3.63) is 23.3 Å². The number of hydrogen-bond donors (Lipinski definition) is 4. The molecule has 1 aliphatic heterocycles. The first-order chi connectivity index (χ1) is 16.2. The lowest BCUT2D eigenvalue weighted by Crippen LogP contribution is -2.57. The smallest absolute Gasteiger partial charge is 0.0897 e. The Morgan fingerprint density at radius 2 is 1.88 bits per heavy atom. The highest BCUT2D eigenvalue weighted by molar-refractivity contribution is 5.39. The van der Waals surface area contributed by atoms with E-state index < -0.39 is 11.7 Å². The maximum atomic E-state index is 12.2. The second kappa shape index (κ2) is 9.28. The number of aliphatic hydroxyl groups excluding tert-OH is 3. The Hall–Kier alpha value is -0.760. The first kappa shape index (κ1) is 24.9. The maximum Gasteiger partial charge on any atom is 0.0897 e. The highest BCUT2D eigenvalue weighted by atomic mass is 16.5. The van der Waals surface area contributed by atoms with E-state index in [4.69, 9.17) is 4.74 Å². The third-order valence-electron chi connectivity index (χ3n) is 10.5. The van der Waals surface area contributed by atoms with Crippen molar-refractivity contribution in [3.8, 4) is 0 Å². The number of nitrogens with zero attached hydrogens (tertiary/aromatic N) is 1. The molecule has 8 unspecified atom stereocenters. The standard InChI is InChI=1S/C28H45NO5/c1-26-10-7-20(31)14-19(26)5-6-23-24(26)8-11-27(2)25(23)9-12-28(27,33)18-29(15-21(32)17-30)16-22-4-3-13-34-22/h5-6,20-22,24-25,30-33H,3-4,7-18H2,1-2H3. The van der Waals surface area contributed by atoms with Crippen LogP contribution in [0.25, 0.3) is 0 Å². The summed E-state index contributed by atoms with van der Waals surface area (Å²) in [6.07, 6.45) is 12.4. The molecule has 3 saturated carbocycles. The molecular formula is C28H45NO5. The van der Waals surface area contributed by atoms with E-state index in [-0.39, 0.29) is 29.6 Å². The van der Waals surface area contributed by atoms with Crippen LogP contribution < -0.4 is 0 Å². The summed E-state index contributed by atoms with van der Waals surface area (Å²) in [5, 5.41) is 42.1. The summed E-state index contributed by atoms with van der Waals surface area (Å²) in [5.74, 6) is 0.879. The molecule has 0 spiro atoms. The lowest BCUT2D eigenvalue weighted by molar-refractivity contribution is -0.110. The number of hydrogen-bond acceptors (Lipinski definition) is 6. The van der Waals surface area contributed by atoms with E-state index in [0.717, 1.165) is 64.4 Å². The van der Waals surface area contributed by atoms with E-state index in [9.17, 15) is 20.4 Å². The van der Waals surface area contributed by atoms with E-state index in [2.05, 4.69) is 30.9 Å². The summed E-state index contributed by atoms with van der Waals surface area (Å²) in [5.41, 5.74) is 2.04. The Balaban J connectivity index is 1.38. The van der Waals surface area contributed by atoms with Crippen molar-refractivity contribution in [2.24, 2.45) is 22.7 Å². The minimum absolute atomic E-state index is 0.140. The van der Waals surface area contributed by atoms with Crippen LogP contribution >= 0.6 is 0 Å². The van der Waals surface area contributed by atoms with Gasteiger partial charge in [0.25, 0.3) is 0 Å². The number of allylic oxidation sites excluding steroid dienone is 3. The molecule has 0 aromatic rings. The van der Waals surface area contributed by atoms with E-state index in [0.29, 0.717) is 31.5 Å². The summed E-state index contributed by atoms with van der Waals surface area (Å²) in [6, 6.07) is 0. The van der Waals surface area contributed by atoms with Gasteiger partial charge in [-0.2, -0.15) is 0 Å². The van der Waals surface area contributed by atoms with Crippen molar-refractivity contribution >= 4 is 0 Å². The predicted molar refractivity (Wildman–Crippen MR) is 131 cm³/mol. The van der Waals surface area contributed by atoms with Crippen LogP contribution in [0.1, 0.15) is 71.6 Å². The molecule has 5 aliphatic rings. The molecule has 4 fully saturated rings. The number of aliphatic hydroxyl groups is 4. The van der Waals surface area contributed by atoms with E-state index >= 15 is 0 Å². The van der Waals surface area contributed by atoms with Crippen molar-refractivity contribution < 1.29 is 25.2 Å². The van der Waals surface area contributed by atoms with Gasteiger partial charge in [-0.05, 0) is 75.0 Å². The van der Waals surface area contributed by atoms with Crippen molar-refractivity contribution in [1.29, 1.82) is 0 Å². The minimum Gasteiger partial charge on any atom is -0.394 e. The molecule has 1 heterocycles. The van der Waals surface area contributed by atoms with Gasteiger partial charge in [-0.3, -0.25) is 4.90 Å². The van der Waals surface area contributed by atoms with Crippen LogP contribution in [0.2, 0.25) is 0 Å². The van der Waals surface area contributed by atoms with Crippen LogP contribution in [0.3, 0.4) is 0 Å². The largest absolute Gasteiger partial charge is 0.394 e. The molecule has 34 heavy (non-hydrogen) atoms. The van der Waals surface area contributed by atoms with Gasteiger partial charge in [-0.25, -0.2) is 0 Å². The first-order valence-corrected chi connectivity index (χ1v) is 13.6. The summed E-state index contributed by atoms with van der Waals surface area (Å²) in [6.45, 7) is 6.78. The Kier molecular flexibility index (Phi) is 6.80. The number of fused-ring (bicyclic) bond motifs is 5. The Morgan fingerprint density at radius 3 is 2.62 bits per heavy atom. The summed E-state index contributed by atoms with van der Waals surface area (Å²) in [7, 11) is 0. The van der Waals surface area contributed by atoms with Gasteiger partial charge >= 0.3 is 0 Å². The van der Waals surface area contributed by atoms with Crippen LogP contribution in [0.4, 0.5) is 0 Å². The molecule has 4 aliphatic carbocycles. The third-order valence-corrected chi connectivity index (χ3v) is 10.5. The SMILES string of the molecule is CC12CCC(O)CC1=CC=C1C2CCC2(C)C1CCC2(O)CN(CC(O)CO)CC1CCCO1. The third kappa shape index (κ3) is 4.12. The van der Waals surface area contributed by atoms with E-state index in [1.165, 1.54) is 11.1 Å². The van der Waals surface area contributed by atoms with Gasteiger partial charge in [0, 0.05) is 31.7 Å². The molecule has 8 atom stereocenters. The van der Waals surface area contributed by atoms with Gasteiger partial charge < -0.3 is 25.2 Å². The molecule has 4 N–H and O–H groups in total. The minimum atomic E-state index is -0.828. The zero-order valence-corrected chi connectivity index (χ0v) is 21.1. The topological polar surface area (TPSA) is 93.4 Å². The second-order valence-corrected chi connectivity index (χ2v) is 12.5. The van der Waals surface area contributed by atoms with Gasteiger partial charge in [0.05, 0.1) is 30.5 Å². The summed E-state index contributed by atoms with van der Waals surface area (Å²) < 4.78 is 5.87. The molecule has 0 aromatic heterocycles. The monoisotopic (exact) mass is 475 g/mol. The van der Waals surface area contributed by atoms with Crippen LogP contribution in [0.15, 0.2) is 23.3 Å². The fraction of sp³-hybridized carbons (Fsp3) is 0.857. The fourth-order valence-corrected chi connectivity index (χ4v) is 8.36. The maximum absolute atomic E-state index is 12.2. The Labute approximate surface area is 204 Å². The fourth-order valence-electron chi connectivity index (χ4n) is 8.36. The molecule has 5 rings (SSSR count). The average Bonchev–Trinajstić information content (AvgIpc) is 3.40. The zero-order valence-electron chi connectivity index (χ0n) is 21.1. The molecule has 6 nitrogen and oxygen atoms in total. The highest BCUT2D eigenvalue weighted by Crippen LogP contribution is 2.66. The lowest BCUT2D eigenvalue weighted by Gasteiger charge is -2.56. The number of rotatable bonds is 7. The zero-order chi connectivity index (χ0) is 24.1. The van der Waals surface area contributed by atoms with Crippen LogP contribution in [0.5, 0.6) is 0 Å². The molecular weight excluding hydrogens is 430 g/mol. The predicted octanol–water partition coefficient (Wildman–Crippen LogP) is 2.80. The van der Waals surface area contributed by atoms with Gasteiger partial charge in [0.15, 0.2) is 0 Å². The number of ether oxygens (including phenoxy) is 1. The van der Waals surface area contributed by atoms with Gasteiger partial charge in [0.1, 0.15) is 0 Å².